The molecule has 3 aromatic rings. The van der Waals surface area contributed by atoms with Crippen molar-refractivity contribution in [2.24, 2.45) is 25.9 Å². The summed E-state index contributed by atoms with van der Waals surface area (Å²) in [7, 11) is 3.00. The van der Waals surface area contributed by atoms with Crippen molar-refractivity contribution in [3.63, 3.8) is 0 Å². The quantitative estimate of drug-likeness (QED) is 0.299. The fourth-order valence-corrected chi connectivity index (χ4v) is 6.32. The first-order valence-corrected chi connectivity index (χ1v) is 13.3. The van der Waals surface area contributed by atoms with E-state index in [0.29, 0.717) is 42.8 Å². The van der Waals surface area contributed by atoms with Gasteiger partial charge in [0.05, 0.1) is 22.7 Å². The molecule has 0 bridgehead atoms. The predicted octanol–water partition coefficient (Wildman–Crippen LogP) is 4.76. The van der Waals surface area contributed by atoms with Crippen molar-refractivity contribution in [3.05, 3.63) is 64.2 Å². The molecule has 2 saturated carbocycles. The van der Waals surface area contributed by atoms with Crippen molar-refractivity contribution < 1.29 is 32.6 Å². The van der Waals surface area contributed by atoms with Gasteiger partial charge < -0.3 is 20.1 Å². The van der Waals surface area contributed by atoms with E-state index in [-0.39, 0.29) is 28.5 Å². The molecule has 1 amide bonds. The van der Waals surface area contributed by atoms with Crippen molar-refractivity contribution in [3.8, 4) is 11.8 Å². The van der Waals surface area contributed by atoms with Crippen molar-refractivity contribution in [2.75, 3.05) is 5.32 Å². The van der Waals surface area contributed by atoms with Crippen LogP contribution >= 0.6 is 11.6 Å². The second-order valence-corrected chi connectivity index (χ2v) is 11.6. The lowest BCUT2D eigenvalue weighted by Gasteiger charge is -2.21. The minimum atomic E-state index is -4.67. The second kappa shape index (κ2) is 10.2. The maximum atomic E-state index is 13.5. The molecule has 2 aromatic heterocycles. The van der Waals surface area contributed by atoms with E-state index in [1.807, 2.05) is 0 Å². The predicted molar refractivity (Wildman–Crippen MR) is 141 cm³/mol. The zero-order chi connectivity index (χ0) is 29.9. The number of benzene rings is 1. The number of anilines is 1. The first-order valence-electron chi connectivity index (χ1n) is 12.9. The molecule has 2 aliphatic rings. The van der Waals surface area contributed by atoms with E-state index in [4.69, 9.17) is 11.6 Å². The van der Waals surface area contributed by atoms with Gasteiger partial charge in [-0.15, -0.1) is 0 Å². The molecule has 1 aromatic carbocycles. The van der Waals surface area contributed by atoms with Crippen LogP contribution in [0.2, 0.25) is 5.02 Å². The fourth-order valence-electron chi connectivity index (χ4n) is 6.14. The van der Waals surface area contributed by atoms with E-state index >= 15 is 0 Å². The van der Waals surface area contributed by atoms with E-state index in [1.54, 1.807) is 17.9 Å². The summed E-state index contributed by atoms with van der Waals surface area (Å²) in [6, 6.07) is 4.66. The molecule has 5 rings (SSSR count). The zero-order valence-electron chi connectivity index (χ0n) is 22.4. The van der Waals surface area contributed by atoms with Crippen LogP contribution in [-0.4, -0.2) is 41.1 Å². The number of nitrogens with zero attached hydrogens (tertiary/aromatic N) is 4. The summed E-state index contributed by atoms with van der Waals surface area (Å²) < 4.78 is 55.3. The molecular formula is C28H28ClF4N5O3. The zero-order valence-corrected chi connectivity index (χ0v) is 23.2. The van der Waals surface area contributed by atoms with Crippen molar-refractivity contribution >= 4 is 23.2 Å². The van der Waals surface area contributed by atoms with Gasteiger partial charge in [0.25, 0.3) is 5.91 Å². The number of alkyl halides is 3. The maximum Gasteiger partial charge on any atom is 0.435 e. The molecule has 8 nitrogen and oxygen atoms in total. The van der Waals surface area contributed by atoms with Crippen LogP contribution in [-0.2, 0) is 25.9 Å². The Bertz CT molecular complexity index is 1550. The van der Waals surface area contributed by atoms with Crippen molar-refractivity contribution in [1.29, 1.82) is 0 Å². The number of hydrogen-bond acceptors (Lipinski definition) is 5. The van der Waals surface area contributed by atoms with Gasteiger partial charge in [0.1, 0.15) is 17.1 Å². The molecule has 13 heteroatoms. The highest BCUT2D eigenvalue weighted by Crippen LogP contribution is 2.54. The first-order chi connectivity index (χ1) is 19.1. The molecule has 3 atom stereocenters. The third-order valence-electron chi connectivity index (χ3n) is 7.99. The Morgan fingerprint density at radius 1 is 1.20 bits per heavy atom. The lowest BCUT2D eigenvalue weighted by atomic mass is 9.91. The van der Waals surface area contributed by atoms with Crippen LogP contribution in [0.4, 0.5) is 23.2 Å². The Balaban J connectivity index is 1.28. The van der Waals surface area contributed by atoms with Gasteiger partial charge in [-0.05, 0) is 68.7 Å². The number of nitrogens with one attached hydrogen (secondary N) is 1. The Hall–Kier alpha value is -3.40. The highest BCUT2D eigenvalue weighted by Gasteiger charge is 2.49. The third-order valence-corrected chi connectivity index (χ3v) is 8.28. The van der Waals surface area contributed by atoms with Gasteiger partial charge in [0.15, 0.2) is 11.3 Å². The SMILES string of the molecule is Cn1cnc(C2CC3CC(O)(C#CC(C)(O)c4cc(C(F)(F)F)nn4C)CC3C2)c1C(=O)Nc1ccc(F)c(Cl)c1. The topological polar surface area (TPSA) is 105 Å². The Morgan fingerprint density at radius 3 is 2.44 bits per heavy atom. The molecule has 2 fully saturated rings. The van der Waals surface area contributed by atoms with Crippen LogP contribution < -0.4 is 5.32 Å². The molecular weight excluding hydrogens is 566 g/mol. The van der Waals surface area contributed by atoms with Gasteiger partial charge in [0, 0.05) is 25.7 Å². The minimum absolute atomic E-state index is 0.0420. The molecule has 2 aliphatic carbocycles. The number of carbonyl (C=O) groups is 1. The fraction of sp³-hybridized carbons (Fsp3) is 0.464. The van der Waals surface area contributed by atoms with E-state index in [0.717, 1.165) is 10.7 Å². The minimum Gasteiger partial charge on any atom is -0.378 e. The van der Waals surface area contributed by atoms with Crippen LogP contribution in [0.5, 0.6) is 0 Å². The maximum absolute atomic E-state index is 13.5. The first kappa shape index (κ1) is 29.1. The number of aromatic nitrogens is 4. The number of imidazole rings is 1. The highest BCUT2D eigenvalue weighted by molar-refractivity contribution is 6.31. The van der Waals surface area contributed by atoms with Gasteiger partial charge in [-0.25, -0.2) is 9.37 Å². The summed E-state index contributed by atoms with van der Waals surface area (Å²) in [5, 5.41) is 28.1. The monoisotopic (exact) mass is 593 g/mol. The van der Waals surface area contributed by atoms with Gasteiger partial charge in [-0.1, -0.05) is 23.4 Å². The van der Waals surface area contributed by atoms with E-state index in [1.165, 1.54) is 32.2 Å². The van der Waals surface area contributed by atoms with E-state index in [9.17, 15) is 32.6 Å². The molecule has 3 N–H and O–H groups in total. The standard InChI is InChI=1S/C28H28ClF4N5O3/c1-26(40,22-11-21(28(31,32)33)36-38(22)3)6-7-27(41)12-16-8-15(9-17(16)13-27)23-24(37(2)14-34-23)25(39)35-18-4-5-20(30)19(29)10-18/h4-5,10-11,14-17,40-41H,8-9,12-13H2,1-3H3,(H,35,39). The highest BCUT2D eigenvalue weighted by atomic mass is 35.5. The van der Waals surface area contributed by atoms with Crippen molar-refractivity contribution in [1.82, 2.24) is 19.3 Å². The molecule has 0 spiro atoms. The number of aryl methyl sites for hydroxylation is 2. The summed E-state index contributed by atoms with van der Waals surface area (Å²) in [5.74, 6) is 4.42. The largest absolute Gasteiger partial charge is 0.435 e. The van der Waals surface area contributed by atoms with E-state index < -0.39 is 34.8 Å². The number of rotatable bonds is 4. The number of hydrogen-bond donors (Lipinski definition) is 3. The summed E-state index contributed by atoms with van der Waals surface area (Å²) in [4.78, 5) is 17.6. The van der Waals surface area contributed by atoms with Crippen molar-refractivity contribution in [2.45, 2.75) is 55.9 Å². The summed E-state index contributed by atoms with van der Waals surface area (Å²) in [6.45, 7) is 1.26. The molecule has 0 aliphatic heterocycles. The molecule has 41 heavy (non-hydrogen) atoms. The number of carbonyl (C=O) groups excluding carboxylic acids is 1. The number of aliphatic hydroxyl groups is 2. The van der Waals surface area contributed by atoms with Gasteiger partial charge in [-0.2, -0.15) is 18.3 Å². The summed E-state index contributed by atoms with van der Waals surface area (Å²) >= 11 is 5.84. The second-order valence-electron chi connectivity index (χ2n) is 11.2. The van der Waals surface area contributed by atoms with Gasteiger partial charge in [-0.3, -0.25) is 9.48 Å². The third kappa shape index (κ3) is 5.71. The number of fused-ring (bicyclic) bond motifs is 1. The average Bonchev–Trinajstić information content (AvgIpc) is 3.61. The van der Waals surface area contributed by atoms with Crippen LogP contribution in [0, 0.1) is 29.5 Å². The summed E-state index contributed by atoms with van der Waals surface area (Å²) in [5.41, 5.74) is -3.31. The Kier molecular flexibility index (Phi) is 7.21. The van der Waals surface area contributed by atoms with Gasteiger partial charge >= 0.3 is 6.18 Å². The lowest BCUT2D eigenvalue weighted by molar-refractivity contribution is -0.141. The number of halogens is 5. The van der Waals surface area contributed by atoms with Crippen LogP contribution in [0.25, 0.3) is 0 Å². The van der Waals surface area contributed by atoms with Crippen LogP contribution in [0.3, 0.4) is 0 Å². The van der Waals surface area contributed by atoms with Gasteiger partial charge in [0.2, 0.25) is 0 Å². The smallest absolute Gasteiger partial charge is 0.378 e. The summed E-state index contributed by atoms with van der Waals surface area (Å²) in [6.07, 6.45) is -1.16. The molecule has 3 unspecified atom stereocenters. The Labute approximate surface area is 238 Å². The Morgan fingerprint density at radius 2 is 1.85 bits per heavy atom. The molecule has 0 saturated heterocycles. The normalized spacial score (nSPS) is 25.4. The average molecular weight is 594 g/mol. The molecule has 0 radical (unpaired) electrons. The van der Waals surface area contributed by atoms with E-state index in [2.05, 4.69) is 27.2 Å². The molecule has 2 heterocycles. The van der Waals surface area contributed by atoms with Crippen LogP contribution in [0.1, 0.15) is 66.1 Å². The number of amides is 1. The molecule has 218 valence electrons. The lowest BCUT2D eigenvalue weighted by Crippen LogP contribution is -2.27. The van der Waals surface area contributed by atoms with Crippen LogP contribution in [0.15, 0.2) is 30.6 Å².